The molecule has 0 aromatic carbocycles. The molecular weight excluding hydrogens is 374 g/mol. The van der Waals surface area contributed by atoms with Gasteiger partial charge in [0, 0.05) is 6.20 Å². The van der Waals surface area contributed by atoms with E-state index in [-0.39, 0.29) is 24.4 Å². The number of carbonyl (C=O) groups excluding carboxylic acids is 2. The molecule has 0 aliphatic carbocycles. The number of fused-ring (bicyclic) bond motifs is 1. The molecule has 26 heavy (non-hydrogen) atoms. The zero-order chi connectivity index (χ0) is 19.3. The van der Waals surface area contributed by atoms with E-state index in [9.17, 15) is 14.7 Å². The summed E-state index contributed by atoms with van der Waals surface area (Å²) in [5.74, 6) is -0.656. The molecular formula is C16H27NO7Si2. The molecule has 0 radical (unpaired) electrons. The lowest BCUT2D eigenvalue weighted by molar-refractivity contribution is -0.148. The van der Waals surface area contributed by atoms with E-state index in [2.05, 4.69) is 0 Å². The fourth-order valence-corrected chi connectivity index (χ4v) is 10.3. The molecule has 0 bridgehead atoms. The lowest BCUT2D eigenvalue weighted by Crippen LogP contribution is -2.59. The maximum absolute atomic E-state index is 12.2. The molecule has 3 aliphatic heterocycles. The highest BCUT2D eigenvalue weighted by atomic mass is 28.5. The average Bonchev–Trinajstić information content (AvgIpc) is 2.80. The van der Waals surface area contributed by atoms with Crippen LogP contribution in [0.1, 0.15) is 20.3 Å². The third kappa shape index (κ3) is 3.72. The molecule has 1 N–H and O–H groups in total. The number of allylic oxidation sites excluding steroid dienone is 1. The summed E-state index contributed by atoms with van der Waals surface area (Å²) < 4.78 is 24.7. The van der Waals surface area contributed by atoms with Gasteiger partial charge in [0.2, 0.25) is 5.91 Å². The first-order valence-corrected chi connectivity index (χ1v) is 14.1. The van der Waals surface area contributed by atoms with Gasteiger partial charge in [-0.05, 0) is 31.3 Å². The summed E-state index contributed by atoms with van der Waals surface area (Å²) in [6, 6.07) is 0. The van der Waals surface area contributed by atoms with Crippen molar-refractivity contribution in [2.24, 2.45) is 0 Å². The molecule has 3 heterocycles. The molecule has 1 amide bonds. The summed E-state index contributed by atoms with van der Waals surface area (Å²) in [5, 5.41) is 10.8. The molecule has 1 unspecified atom stereocenters. The summed E-state index contributed by atoms with van der Waals surface area (Å²) in [6.07, 6.45) is -0.645. The number of nitrogens with zero attached hydrogens (tertiary/aromatic N) is 1. The number of aliphatic hydroxyl groups excluding tert-OH is 1. The van der Waals surface area contributed by atoms with E-state index in [0.717, 1.165) is 0 Å². The van der Waals surface area contributed by atoms with E-state index < -0.39 is 47.6 Å². The monoisotopic (exact) mass is 401 g/mol. The summed E-state index contributed by atoms with van der Waals surface area (Å²) >= 11 is 0. The van der Waals surface area contributed by atoms with Crippen LogP contribution in [0.25, 0.3) is 0 Å². The van der Waals surface area contributed by atoms with E-state index in [1.54, 1.807) is 0 Å². The van der Waals surface area contributed by atoms with Crippen LogP contribution in [-0.4, -0.2) is 70.0 Å². The first kappa shape index (κ1) is 19.9. The highest BCUT2D eigenvalue weighted by Crippen LogP contribution is 2.37. The first-order chi connectivity index (χ1) is 12.0. The van der Waals surface area contributed by atoms with Crippen LogP contribution in [0.5, 0.6) is 0 Å². The molecule has 3 rings (SSSR count). The molecule has 5 atom stereocenters. The van der Waals surface area contributed by atoms with Crippen LogP contribution in [-0.2, 0) is 27.3 Å². The highest BCUT2D eigenvalue weighted by Gasteiger charge is 2.55. The van der Waals surface area contributed by atoms with Crippen molar-refractivity contribution in [3.63, 3.8) is 0 Å². The van der Waals surface area contributed by atoms with Crippen LogP contribution in [0, 0.1) is 0 Å². The second-order valence-corrected chi connectivity index (χ2v) is 15.2. The molecule has 10 heteroatoms. The fourth-order valence-electron chi connectivity index (χ4n) is 3.35. The summed E-state index contributed by atoms with van der Waals surface area (Å²) in [5.41, 5.74) is 0.150. The van der Waals surface area contributed by atoms with Crippen LogP contribution in [0.3, 0.4) is 0 Å². The van der Waals surface area contributed by atoms with Crippen LogP contribution in [0.2, 0.25) is 25.2 Å². The normalized spacial score (nSPS) is 40.5. The zero-order valence-electron chi connectivity index (χ0n) is 15.8. The summed E-state index contributed by atoms with van der Waals surface area (Å²) in [6.45, 7) is 10.2. The Hall–Kier alpha value is -0.886. The Morgan fingerprint density at radius 1 is 1.27 bits per heavy atom. The van der Waals surface area contributed by atoms with Crippen LogP contribution < -0.4 is 0 Å². The molecule has 8 nitrogen and oxygen atoms in total. The molecule has 0 aromatic heterocycles. The van der Waals surface area contributed by atoms with Gasteiger partial charge in [-0.15, -0.1) is 0 Å². The third-order valence-corrected chi connectivity index (χ3v) is 12.4. The van der Waals surface area contributed by atoms with Crippen molar-refractivity contribution in [1.82, 2.24) is 4.90 Å². The SMILES string of the molecule is CC(C)[Si]1(C)O[C@H]2[C@@H](O)[C@H](N3C=CC(=O)CC3=O)O[C@@H]2CO[Si](C)(C)O1. The quantitative estimate of drug-likeness (QED) is 0.545. The second kappa shape index (κ2) is 6.93. The first-order valence-electron chi connectivity index (χ1n) is 8.90. The van der Waals surface area contributed by atoms with E-state index in [0.29, 0.717) is 0 Å². The zero-order valence-corrected chi connectivity index (χ0v) is 17.8. The molecule has 0 saturated carbocycles. The van der Waals surface area contributed by atoms with Gasteiger partial charge in [0.1, 0.15) is 18.3 Å². The lowest BCUT2D eigenvalue weighted by Gasteiger charge is -2.43. The predicted octanol–water partition coefficient (Wildman–Crippen LogP) is 1.00. The minimum Gasteiger partial charge on any atom is -0.415 e. The van der Waals surface area contributed by atoms with Crippen molar-refractivity contribution in [3.8, 4) is 0 Å². The van der Waals surface area contributed by atoms with Gasteiger partial charge < -0.3 is 22.8 Å². The van der Waals surface area contributed by atoms with Gasteiger partial charge in [0.25, 0.3) is 0 Å². The Kier molecular flexibility index (Phi) is 5.29. The van der Waals surface area contributed by atoms with Crippen molar-refractivity contribution in [3.05, 3.63) is 12.3 Å². The molecule has 146 valence electrons. The van der Waals surface area contributed by atoms with Crippen molar-refractivity contribution in [2.75, 3.05) is 6.61 Å². The molecule has 0 aromatic rings. The van der Waals surface area contributed by atoms with Gasteiger partial charge in [-0.2, -0.15) is 0 Å². The van der Waals surface area contributed by atoms with Gasteiger partial charge in [0.05, 0.1) is 13.0 Å². The summed E-state index contributed by atoms with van der Waals surface area (Å²) in [4.78, 5) is 24.9. The van der Waals surface area contributed by atoms with Gasteiger partial charge in [-0.3, -0.25) is 14.5 Å². The Morgan fingerprint density at radius 2 is 1.96 bits per heavy atom. The van der Waals surface area contributed by atoms with E-state index >= 15 is 0 Å². The Bertz CT molecular complexity index is 626. The Morgan fingerprint density at radius 3 is 2.58 bits per heavy atom. The number of aliphatic hydroxyl groups is 1. The Balaban J connectivity index is 1.86. The van der Waals surface area contributed by atoms with Gasteiger partial charge in [-0.25, -0.2) is 0 Å². The number of amides is 1. The smallest absolute Gasteiger partial charge is 0.329 e. The number of ether oxygens (including phenoxy) is 1. The standard InChI is InChI=1S/C16H27NO7Si2/c1-10(2)26(5)23-15-12(9-21-25(3,4)24-26)22-16(14(15)20)17-7-6-11(18)8-13(17)19/h6-7,10,12,14-16,20H,8-9H2,1-5H3/t12-,14-,15-,16-,26?/m1/s1. The number of rotatable bonds is 2. The van der Waals surface area contributed by atoms with E-state index in [1.165, 1.54) is 17.2 Å². The van der Waals surface area contributed by atoms with E-state index in [4.69, 9.17) is 17.7 Å². The second-order valence-electron chi connectivity index (χ2n) is 7.88. The number of hydrogen-bond donors (Lipinski definition) is 1. The van der Waals surface area contributed by atoms with Crippen LogP contribution >= 0.6 is 0 Å². The van der Waals surface area contributed by atoms with Crippen molar-refractivity contribution in [1.29, 1.82) is 0 Å². The number of hydrogen-bond acceptors (Lipinski definition) is 7. The van der Waals surface area contributed by atoms with E-state index in [1.807, 2.05) is 33.5 Å². The van der Waals surface area contributed by atoms with Gasteiger partial charge >= 0.3 is 17.1 Å². The van der Waals surface area contributed by atoms with Gasteiger partial charge in [-0.1, -0.05) is 13.8 Å². The molecule has 2 saturated heterocycles. The average molecular weight is 402 g/mol. The lowest BCUT2D eigenvalue weighted by atomic mass is 10.1. The molecule has 3 aliphatic rings. The van der Waals surface area contributed by atoms with Crippen LogP contribution in [0.15, 0.2) is 12.3 Å². The number of ketones is 1. The van der Waals surface area contributed by atoms with Crippen molar-refractivity contribution >= 4 is 28.8 Å². The minimum atomic E-state index is -2.65. The summed E-state index contributed by atoms with van der Waals surface area (Å²) in [7, 11) is -5.05. The Labute approximate surface area is 155 Å². The number of carbonyl (C=O) groups is 2. The minimum absolute atomic E-state index is 0.150. The highest BCUT2D eigenvalue weighted by molar-refractivity contribution is 6.80. The van der Waals surface area contributed by atoms with Crippen LogP contribution in [0.4, 0.5) is 0 Å². The van der Waals surface area contributed by atoms with Crippen molar-refractivity contribution < 1.29 is 32.4 Å². The molecule has 0 spiro atoms. The molecule has 2 fully saturated rings. The topological polar surface area (TPSA) is 94.5 Å². The van der Waals surface area contributed by atoms with Crippen molar-refractivity contribution in [2.45, 2.75) is 70.0 Å². The largest absolute Gasteiger partial charge is 0.415 e. The van der Waals surface area contributed by atoms with Gasteiger partial charge in [0.15, 0.2) is 12.0 Å². The third-order valence-electron chi connectivity index (χ3n) is 5.08. The fraction of sp³-hybridized carbons (Fsp3) is 0.750. The maximum Gasteiger partial charge on any atom is 0.329 e. The maximum atomic E-state index is 12.2. The predicted molar refractivity (Wildman–Crippen MR) is 96.4 cm³/mol.